The third kappa shape index (κ3) is 12.1. The monoisotopic (exact) mass is 490 g/mol. The number of nitrogens with one attached hydrogen (secondary N) is 3. The van der Waals surface area contributed by atoms with E-state index in [2.05, 4.69) is 10.6 Å². The molecule has 0 radical (unpaired) electrons. The Bertz CT molecular complexity index is 746. The molecule has 0 fully saturated rings. The van der Waals surface area contributed by atoms with Crippen molar-refractivity contribution in [3.8, 4) is 0 Å². The molecule has 15 nitrogen and oxygen atoms in total. The third-order valence-electron chi connectivity index (χ3n) is 4.67. The maximum atomic E-state index is 12.8. The molecule has 4 amide bonds. The van der Waals surface area contributed by atoms with Gasteiger partial charge in [-0.05, 0) is 32.7 Å². The number of primary amides is 1. The summed E-state index contributed by atoms with van der Waals surface area (Å²) in [5, 5.41) is 34.0. The predicted octanol–water partition coefficient (Wildman–Crippen LogP) is -3.90. The summed E-state index contributed by atoms with van der Waals surface area (Å²) in [7, 11) is 0. The molecule has 194 valence electrons. The zero-order chi connectivity index (χ0) is 26.4. The molecule has 0 aromatic carbocycles. The normalized spacial score (nSPS) is 15.2. The zero-order valence-electron chi connectivity index (χ0n) is 18.9. The lowest BCUT2D eigenvalue weighted by atomic mass is 10.1. The van der Waals surface area contributed by atoms with Gasteiger partial charge in [0.05, 0.1) is 18.6 Å². The van der Waals surface area contributed by atoms with E-state index in [-0.39, 0.29) is 12.8 Å². The van der Waals surface area contributed by atoms with Gasteiger partial charge in [-0.15, -0.1) is 0 Å². The number of hydrogen-bond acceptors (Lipinski definition) is 9. The minimum atomic E-state index is -1.74. The van der Waals surface area contributed by atoms with E-state index in [9.17, 15) is 33.9 Å². The van der Waals surface area contributed by atoms with Gasteiger partial charge in [-0.25, -0.2) is 4.79 Å². The lowest BCUT2D eigenvalue weighted by Gasteiger charge is -2.25. The second kappa shape index (κ2) is 15.5. The van der Waals surface area contributed by atoms with E-state index >= 15 is 0 Å². The number of unbranched alkanes of at least 4 members (excludes halogenated alkanes) is 1. The van der Waals surface area contributed by atoms with Crippen molar-refractivity contribution in [1.82, 2.24) is 16.0 Å². The number of aliphatic hydroxyl groups excluding tert-OH is 1. The van der Waals surface area contributed by atoms with Crippen LogP contribution in [0.5, 0.6) is 0 Å². The molecular weight excluding hydrogens is 456 g/mol. The molecule has 0 bridgehead atoms. The summed E-state index contributed by atoms with van der Waals surface area (Å²) in [5.74, 6) is -6.73. The predicted molar refractivity (Wildman–Crippen MR) is 117 cm³/mol. The number of carbonyl (C=O) groups is 6. The van der Waals surface area contributed by atoms with E-state index in [0.717, 1.165) is 6.92 Å². The molecule has 0 heterocycles. The Labute approximate surface area is 195 Å². The first-order valence-corrected chi connectivity index (χ1v) is 10.6. The van der Waals surface area contributed by atoms with Crippen LogP contribution in [0, 0.1) is 0 Å². The number of amides is 4. The average Bonchev–Trinajstić information content (AvgIpc) is 2.72. The Morgan fingerprint density at radius 3 is 1.88 bits per heavy atom. The molecule has 0 rings (SSSR count). The number of aliphatic hydroxyl groups is 1. The molecule has 0 aliphatic carbocycles. The first-order valence-electron chi connectivity index (χ1n) is 10.6. The van der Waals surface area contributed by atoms with Crippen molar-refractivity contribution < 1.29 is 44.1 Å². The van der Waals surface area contributed by atoms with Crippen molar-refractivity contribution in [1.29, 1.82) is 0 Å². The number of rotatable bonds is 17. The van der Waals surface area contributed by atoms with Gasteiger partial charge in [-0.1, -0.05) is 6.42 Å². The second-order valence-electron chi connectivity index (χ2n) is 7.68. The molecule has 12 N–H and O–H groups in total. The fraction of sp³-hybridized carbons (Fsp3) is 0.684. The highest BCUT2D eigenvalue weighted by molar-refractivity contribution is 5.96. The molecule has 0 aliphatic rings. The van der Waals surface area contributed by atoms with Crippen molar-refractivity contribution >= 4 is 35.6 Å². The van der Waals surface area contributed by atoms with Gasteiger partial charge < -0.3 is 48.5 Å². The molecular formula is C19H34N6O9. The van der Waals surface area contributed by atoms with E-state index in [1.807, 2.05) is 5.32 Å². The third-order valence-corrected chi connectivity index (χ3v) is 4.67. The van der Waals surface area contributed by atoms with Crippen molar-refractivity contribution in [2.45, 2.75) is 75.7 Å². The molecule has 0 aromatic rings. The van der Waals surface area contributed by atoms with Gasteiger partial charge in [0.2, 0.25) is 23.6 Å². The van der Waals surface area contributed by atoms with Crippen LogP contribution < -0.4 is 33.2 Å². The van der Waals surface area contributed by atoms with E-state index in [4.69, 9.17) is 27.4 Å². The minimum absolute atomic E-state index is 0.263. The van der Waals surface area contributed by atoms with Gasteiger partial charge in [0, 0.05) is 6.42 Å². The van der Waals surface area contributed by atoms with Crippen LogP contribution in [0.2, 0.25) is 0 Å². The van der Waals surface area contributed by atoms with Crippen molar-refractivity contribution in [3.63, 3.8) is 0 Å². The van der Waals surface area contributed by atoms with Crippen molar-refractivity contribution in [3.05, 3.63) is 0 Å². The van der Waals surface area contributed by atoms with Gasteiger partial charge >= 0.3 is 11.9 Å². The summed E-state index contributed by atoms with van der Waals surface area (Å²) < 4.78 is 0. The molecule has 0 saturated heterocycles. The van der Waals surface area contributed by atoms with Gasteiger partial charge in [-0.3, -0.25) is 24.0 Å². The molecule has 0 saturated carbocycles. The van der Waals surface area contributed by atoms with E-state index < -0.39 is 78.7 Å². The maximum absolute atomic E-state index is 12.8. The number of carboxylic acids is 2. The quantitative estimate of drug-likeness (QED) is 0.0888. The Hall–Kier alpha value is -3.30. The molecule has 0 aliphatic heterocycles. The van der Waals surface area contributed by atoms with Crippen LogP contribution in [-0.2, 0) is 28.8 Å². The molecule has 5 unspecified atom stereocenters. The highest BCUT2D eigenvalue weighted by Crippen LogP contribution is 2.05. The number of aliphatic carboxylic acids is 2. The Kier molecular flexibility index (Phi) is 14.0. The van der Waals surface area contributed by atoms with Gasteiger partial charge in [-0.2, -0.15) is 0 Å². The highest BCUT2D eigenvalue weighted by Gasteiger charge is 2.32. The fourth-order valence-corrected chi connectivity index (χ4v) is 2.78. The first kappa shape index (κ1) is 30.7. The van der Waals surface area contributed by atoms with Crippen LogP contribution in [0.15, 0.2) is 0 Å². The summed E-state index contributed by atoms with van der Waals surface area (Å²) in [4.78, 5) is 71.1. The fourth-order valence-electron chi connectivity index (χ4n) is 2.78. The van der Waals surface area contributed by atoms with Crippen molar-refractivity contribution in [2.75, 3.05) is 6.54 Å². The van der Waals surface area contributed by atoms with Crippen LogP contribution in [0.3, 0.4) is 0 Å². The Morgan fingerprint density at radius 1 is 0.853 bits per heavy atom. The lowest BCUT2D eigenvalue weighted by Crippen LogP contribution is -2.59. The SMILES string of the molecule is CC(O)C(NC(=O)C(CC(N)=O)NC(=O)C(CCC(=O)O)NC(=O)C(N)CCCCN)C(=O)O. The van der Waals surface area contributed by atoms with Crippen LogP contribution in [0.1, 0.15) is 45.4 Å². The summed E-state index contributed by atoms with van der Waals surface area (Å²) in [5.41, 5.74) is 16.3. The summed E-state index contributed by atoms with van der Waals surface area (Å²) in [6.07, 6.45) is -1.69. The van der Waals surface area contributed by atoms with E-state index in [1.165, 1.54) is 0 Å². The van der Waals surface area contributed by atoms with E-state index in [1.54, 1.807) is 0 Å². The molecule has 5 atom stereocenters. The van der Waals surface area contributed by atoms with Gasteiger partial charge in [0.1, 0.15) is 12.1 Å². The standard InChI is InChI=1S/C19H34N6O9/c1-9(26)15(19(33)34)25-18(32)12(8-13(22)27)24-17(31)11(5-6-14(28)29)23-16(30)10(21)4-2-3-7-20/h9-12,15,26H,2-8,20-21H2,1H3,(H2,22,27)(H,23,30)(H,24,31)(H,25,32)(H,28,29)(H,33,34). The van der Waals surface area contributed by atoms with Crippen LogP contribution in [0.4, 0.5) is 0 Å². The smallest absolute Gasteiger partial charge is 0.328 e. The number of nitrogens with two attached hydrogens (primary N) is 3. The molecule has 0 spiro atoms. The van der Waals surface area contributed by atoms with Gasteiger partial charge in [0.15, 0.2) is 6.04 Å². The number of carboxylic acid groups (broad SMARTS) is 2. The van der Waals surface area contributed by atoms with Crippen LogP contribution >= 0.6 is 0 Å². The number of hydrogen-bond donors (Lipinski definition) is 9. The minimum Gasteiger partial charge on any atom is -0.481 e. The first-order chi connectivity index (χ1) is 15.8. The Morgan fingerprint density at radius 2 is 1.41 bits per heavy atom. The van der Waals surface area contributed by atoms with Crippen molar-refractivity contribution in [2.24, 2.45) is 17.2 Å². The van der Waals surface area contributed by atoms with Gasteiger partial charge in [0.25, 0.3) is 0 Å². The largest absolute Gasteiger partial charge is 0.481 e. The molecule has 0 aromatic heterocycles. The number of carbonyl (C=O) groups excluding carboxylic acids is 4. The zero-order valence-corrected chi connectivity index (χ0v) is 18.9. The second-order valence-corrected chi connectivity index (χ2v) is 7.68. The van der Waals surface area contributed by atoms with Crippen LogP contribution in [0.25, 0.3) is 0 Å². The van der Waals surface area contributed by atoms with Crippen LogP contribution in [-0.4, -0.2) is 87.7 Å². The van der Waals surface area contributed by atoms with E-state index in [0.29, 0.717) is 19.4 Å². The summed E-state index contributed by atoms with van der Waals surface area (Å²) in [6, 6.07) is -5.83. The maximum Gasteiger partial charge on any atom is 0.328 e. The highest BCUT2D eigenvalue weighted by atomic mass is 16.4. The average molecular weight is 491 g/mol. The topological polar surface area (TPSA) is 277 Å². The Balaban J connectivity index is 5.50. The molecule has 34 heavy (non-hydrogen) atoms. The summed E-state index contributed by atoms with van der Waals surface area (Å²) >= 11 is 0. The molecule has 15 heteroatoms. The summed E-state index contributed by atoms with van der Waals surface area (Å²) in [6.45, 7) is 1.51. The lowest BCUT2D eigenvalue weighted by molar-refractivity contribution is -0.145.